The Morgan fingerprint density at radius 2 is 1.91 bits per heavy atom. The highest BCUT2D eigenvalue weighted by Gasteiger charge is 2.35. The summed E-state index contributed by atoms with van der Waals surface area (Å²) < 4.78 is 36.2. The minimum Gasteiger partial charge on any atom is -0.494 e. The number of methoxy groups -OCH3 is 2. The number of carbonyl (C=O) groups excluding carboxylic acids is 1. The molecule has 1 aliphatic heterocycles. The van der Waals surface area contributed by atoms with Crippen LogP contribution in [0.3, 0.4) is 0 Å². The van der Waals surface area contributed by atoms with Crippen LogP contribution in [-0.4, -0.2) is 57.1 Å². The van der Waals surface area contributed by atoms with Gasteiger partial charge >= 0.3 is 11.9 Å². The zero-order valence-electron chi connectivity index (χ0n) is 12.6. The number of aliphatic carboxylic acids is 1. The fraction of sp³-hybridized carbons (Fsp3) is 0.538. The Morgan fingerprint density at radius 3 is 2.39 bits per heavy atom. The van der Waals surface area contributed by atoms with Crippen LogP contribution in [0.2, 0.25) is 0 Å². The normalized spacial score (nSPS) is 17.0. The van der Waals surface area contributed by atoms with Gasteiger partial charge in [0.2, 0.25) is 0 Å². The minimum atomic E-state index is -3.85. The fourth-order valence-electron chi connectivity index (χ4n) is 2.34. The second-order valence-corrected chi connectivity index (χ2v) is 8.16. The van der Waals surface area contributed by atoms with Crippen LogP contribution >= 0.6 is 11.3 Å². The summed E-state index contributed by atoms with van der Waals surface area (Å²) in [5, 5.41) is 8.98. The van der Waals surface area contributed by atoms with Crippen molar-refractivity contribution < 1.29 is 32.6 Å². The van der Waals surface area contributed by atoms with Crippen molar-refractivity contribution in [1.29, 1.82) is 0 Å². The van der Waals surface area contributed by atoms with Gasteiger partial charge in [0.05, 0.1) is 20.1 Å². The van der Waals surface area contributed by atoms with E-state index in [4.69, 9.17) is 9.84 Å². The van der Waals surface area contributed by atoms with Crippen LogP contribution in [0.4, 0.5) is 0 Å². The average Bonchev–Trinajstić information content (AvgIpc) is 2.99. The number of piperidine rings is 1. The standard InChI is InChI=1S/C13H17NO7S2/c1-20-9-7-10(12(17)21-2)22-13(9)23(18,19)14-5-3-8(4-6-14)11(15)16/h7-8H,3-6H2,1-2H3,(H,15,16). The van der Waals surface area contributed by atoms with Gasteiger partial charge in [0.15, 0.2) is 9.96 Å². The van der Waals surface area contributed by atoms with Crippen LogP contribution < -0.4 is 4.74 Å². The molecule has 23 heavy (non-hydrogen) atoms. The molecule has 128 valence electrons. The van der Waals surface area contributed by atoms with Crippen LogP contribution in [0.1, 0.15) is 22.5 Å². The first kappa shape index (κ1) is 17.7. The fourth-order valence-corrected chi connectivity index (χ4v) is 5.45. The molecule has 0 bridgehead atoms. The predicted octanol–water partition coefficient (Wildman–Crippen LogP) is 1.03. The maximum absolute atomic E-state index is 12.7. The average molecular weight is 363 g/mol. The SMILES string of the molecule is COC(=O)c1cc(OC)c(S(=O)(=O)N2CCC(C(=O)O)CC2)s1. The van der Waals surface area contributed by atoms with Crippen molar-refractivity contribution in [3.8, 4) is 5.75 Å². The van der Waals surface area contributed by atoms with Crippen LogP contribution in [0, 0.1) is 5.92 Å². The summed E-state index contributed by atoms with van der Waals surface area (Å²) >= 11 is 0.779. The van der Waals surface area contributed by atoms with Gasteiger partial charge in [0.1, 0.15) is 4.88 Å². The third kappa shape index (κ3) is 3.48. The maximum Gasteiger partial charge on any atom is 0.348 e. The zero-order chi connectivity index (χ0) is 17.2. The number of hydrogen-bond acceptors (Lipinski definition) is 7. The molecule has 0 amide bonds. The Hall–Kier alpha value is -1.65. The lowest BCUT2D eigenvalue weighted by atomic mass is 9.99. The van der Waals surface area contributed by atoms with Crippen molar-refractivity contribution in [3.63, 3.8) is 0 Å². The van der Waals surface area contributed by atoms with E-state index >= 15 is 0 Å². The van der Waals surface area contributed by atoms with E-state index in [2.05, 4.69) is 4.74 Å². The third-order valence-corrected chi connectivity index (χ3v) is 7.14. The number of carboxylic acid groups (broad SMARTS) is 1. The van der Waals surface area contributed by atoms with E-state index in [0.29, 0.717) is 0 Å². The van der Waals surface area contributed by atoms with E-state index in [9.17, 15) is 18.0 Å². The molecular weight excluding hydrogens is 346 g/mol. The Kier molecular flexibility index (Phi) is 5.27. The first-order chi connectivity index (χ1) is 10.8. The summed E-state index contributed by atoms with van der Waals surface area (Å²) in [6.07, 6.45) is 0.512. The van der Waals surface area contributed by atoms with Gasteiger partial charge in [-0.05, 0) is 12.8 Å². The molecule has 1 aromatic rings. The van der Waals surface area contributed by atoms with Gasteiger partial charge in [-0.15, -0.1) is 11.3 Å². The van der Waals surface area contributed by atoms with Crippen LogP contribution in [0.5, 0.6) is 5.75 Å². The smallest absolute Gasteiger partial charge is 0.348 e. The molecule has 8 nitrogen and oxygen atoms in total. The summed E-state index contributed by atoms with van der Waals surface area (Å²) in [6, 6.07) is 1.33. The van der Waals surface area contributed by atoms with Gasteiger partial charge in [-0.2, -0.15) is 4.31 Å². The van der Waals surface area contributed by atoms with E-state index in [-0.39, 0.29) is 40.8 Å². The first-order valence-electron chi connectivity index (χ1n) is 6.80. The lowest BCUT2D eigenvalue weighted by Crippen LogP contribution is -2.40. The third-order valence-electron chi connectivity index (χ3n) is 3.65. The molecule has 1 N–H and O–H groups in total. The molecule has 2 heterocycles. The minimum absolute atomic E-state index is 0.0748. The number of rotatable bonds is 5. The van der Waals surface area contributed by atoms with E-state index in [0.717, 1.165) is 11.3 Å². The molecule has 1 aromatic heterocycles. The monoisotopic (exact) mass is 363 g/mol. The molecule has 0 spiro atoms. The molecule has 0 aliphatic carbocycles. The van der Waals surface area contributed by atoms with Crippen molar-refractivity contribution in [2.45, 2.75) is 17.1 Å². The molecular formula is C13H17NO7S2. The summed E-state index contributed by atoms with van der Waals surface area (Å²) in [4.78, 5) is 22.7. The Bertz CT molecular complexity index is 702. The lowest BCUT2D eigenvalue weighted by molar-refractivity contribution is -0.142. The largest absolute Gasteiger partial charge is 0.494 e. The number of carbonyl (C=O) groups is 2. The summed E-state index contributed by atoms with van der Waals surface area (Å²) in [5.41, 5.74) is 0. The Morgan fingerprint density at radius 1 is 1.30 bits per heavy atom. The van der Waals surface area contributed by atoms with E-state index in [1.165, 1.54) is 24.6 Å². The van der Waals surface area contributed by atoms with Gasteiger partial charge in [0, 0.05) is 19.2 Å². The highest BCUT2D eigenvalue weighted by atomic mass is 32.2. The highest BCUT2D eigenvalue weighted by Crippen LogP contribution is 2.37. The van der Waals surface area contributed by atoms with Crippen molar-refractivity contribution in [2.24, 2.45) is 5.92 Å². The molecule has 0 aromatic carbocycles. The van der Waals surface area contributed by atoms with Crippen LogP contribution in [0.25, 0.3) is 0 Å². The molecule has 1 fully saturated rings. The van der Waals surface area contributed by atoms with Crippen LogP contribution in [0.15, 0.2) is 10.3 Å². The van der Waals surface area contributed by atoms with Crippen molar-refractivity contribution in [3.05, 3.63) is 10.9 Å². The molecule has 0 unspecified atom stereocenters. The number of sulfonamides is 1. The number of carboxylic acids is 1. The number of thiophene rings is 1. The molecule has 1 saturated heterocycles. The van der Waals surface area contributed by atoms with Gasteiger partial charge in [-0.3, -0.25) is 4.79 Å². The zero-order valence-corrected chi connectivity index (χ0v) is 14.3. The Balaban J connectivity index is 2.28. The second-order valence-electron chi connectivity index (χ2n) is 4.97. The maximum atomic E-state index is 12.7. The van der Waals surface area contributed by atoms with E-state index in [1.54, 1.807) is 0 Å². The van der Waals surface area contributed by atoms with Crippen LogP contribution in [-0.2, 0) is 19.6 Å². The van der Waals surface area contributed by atoms with Crippen molar-refractivity contribution in [2.75, 3.05) is 27.3 Å². The van der Waals surface area contributed by atoms with E-state index in [1.807, 2.05) is 0 Å². The van der Waals surface area contributed by atoms with E-state index < -0.39 is 27.9 Å². The number of nitrogens with zero attached hydrogens (tertiary/aromatic N) is 1. The first-order valence-corrected chi connectivity index (χ1v) is 9.06. The number of ether oxygens (including phenoxy) is 2. The topological polar surface area (TPSA) is 110 Å². The summed E-state index contributed by atoms with van der Waals surface area (Å²) in [5.74, 6) is -2.00. The van der Waals surface area contributed by atoms with Gasteiger partial charge in [0.25, 0.3) is 10.0 Å². The van der Waals surface area contributed by atoms with Crippen molar-refractivity contribution >= 4 is 33.3 Å². The number of hydrogen-bond donors (Lipinski definition) is 1. The van der Waals surface area contributed by atoms with Gasteiger partial charge < -0.3 is 14.6 Å². The molecule has 1 aliphatic rings. The van der Waals surface area contributed by atoms with Gasteiger partial charge in [-0.1, -0.05) is 0 Å². The van der Waals surface area contributed by atoms with Gasteiger partial charge in [-0.25, -0.2) is 13.2 Å². The molecule has 0 atom stereocenters. The highest BCUT2D eigenvalue weighted by molar-refractivity contribution is 7.91. The molecule has 0 saturated carbocycles. The Labute approximate surface area is 137 Å². The second kappa shape index (κ2) is 6.85. The lowest BCUT2D eigenvalue weighted by Gasteiger charge is -2.28. The molecule has 2 rings (SSSR count). The quantitative estimate of drug-likeness (QED) is 0.778. The molecule has 10 heteroatoms. The number of esters is 1. The molecule has 0 radical (unpaired) electrons. The van der Waals surface area contributed by atoms with Crippen molar-refractivity contribution in [1.82, 2.24) is 4.31 Å². The summed E-state index contributed by atoms with van der Waals surface area (Å²) in [7, 11) is -1.32. The predicted molar refractivity (Wildman–Crippen MR) is 81.3 cm³/mol. The summed E-state index contributed by atoms with van der Waals surface area (Å²) in [6.45, 7) is 0.238.